The molecule has 1 N–H and O–H groups in total. The van der Waals surface area contributed by atoms with Crippen molar-refractivity contribution < 1.29 is 0 Å². The van der Waals surface area contributed by atoms with E-state index < -0.39 is 0 Å². The number of hydrazine groups is 1. The van der Waals surface area contributed by atoms with Gasteiger partial charge in [0.2, 0.25) is 0 Å². The molecule has 0 bridgehead atoms. The lowest BCUT2D eigenvalue weighted by Crippen LogP contribution is -2.41. The number of nitrogens with one attached hydrogen (secondary N) is 1. The second-order valence-corrected chi connectivity index (χ2v) is 3.48. The summed E-state index contributed by atoms with van der Waals surface area (Å²) in [5.41, 5.74) is 3.40. The Morgan fingerprint density at radius 3 is 2.42 bits per heavy atom. The van der Waals surface area contributed by atoms with Gasteiger partial charge in [-0.2, -0.15) is 0 Å². The Morgan fingerprint density at radius 1 is 1.25 bits per heavy atom. The summed E-state index contributed by atoms with van der Waals surface area (Å²) in [6, 6.07) is 0.645. The smallest absolute Gasteiger partial charge is 0.0209 e. The van der Waals surface area contributed by atoms with Gasteiger partial charge in [-0.15, -0.1) is 0 Å². The molecule has 74 valence electrons. The van der Waals surface area contributed by atoms with Crippen LogP contribution in [0.4, 0.5) is 0 Å². The zero-order chi connectivity index (χ0) is 9.40. The number of nitrogens with zero attached hydrogens (tertiary/aromatic N) is 1. The molecule has 0 aromatic heterocycles. The summed E-state index contributed by atoms with van der Waals surface area (Å²) in [4.78, 5) is 0. The van der Waals surface area contributed by atoms with Crippen LogP contribution < -0.4 is 5.43 Å². The van der Waals surface area contributed by atoms with E-state index in [0.29, 0.717) is 6.04 Å². The molecule has 0 aliphatic rings. The standard InChI is InChI=1S/C10H24N2/c1-5-7-8-9-11-12(4)10(3)6-2/h10-11H,5-9H2,1-4H3. The minimum absolute atomic E-state index is 0.645. The average Bonchev–Trinajstić information content (AvgIpc) is 2.10. The van der Waals surface area contributed by atoms with Gasteiger partial charge in [0.15, 0.2) is 0 Å². The van der Waals surface area contributed by atoms with Crippen molar-refractivity contribution in [3.63, 3.8) is 0 Å². The lowest BCUT2D eigenvalue weighted by Gasteiger charge is -2.24. The highest BCUT2D eigenvalue weighted by Gasteiger charge is 2.03. The first-order valence-corrected chi connectivity index (χ1v) is 5.18. The number of hydrogen-bond donors (Lipinski definition) is 1. The van der Waals surface area contributed by atoms with E-state index in [2.05, 4.69) is 38.3 Å². The molecule has 0 radical (unpaired) electrons. The maximum absolute atomic E-state index is 3.40. The van der Waals surface area contributed by atoms with Gasteiger partial charge in [0.1, 0.15) is 0 Å². The summed E-state index contributed by atoms with van der Waals surface area (Å²) in [7, 11) is 2.13. The van der Waals surface area contributed by atoms with Gasteiger partial charge in [-0.3, -0.25) is 5.43 Å². The van der Waals surface area contributed by atoms with Crippen LogP contribution in [0.5, 0.6) is 0 Å². The molecule has 0 spiro atoms. The third-order valence-electron chi connectivity index (χ3n) is 2.39. The zero-order valence-electron chi connectivity index (χ0n) is 9.06. The van der Waals surface area contributed by atoms with Crippen molar-refractivity contribution in [2.75, 3.05) is 13.6 Å². The topological polar surface area (TPSA) is 15.3 Å². The second-order valence-electron chi connectivity index (χ2n) is 3.48. The molecule has 0 aliphatic heterocycles. The lowest BCUT2D eigenvalue weighted by molar-refractivity contribution is 0.170. The molecule has 1 unspecified atom stereocenters. The largest absolute Gasteiger partial charge is 0.255 e. The van der Waals surface area contributed by atoms with Gasteiger partial charge in [-0.1, -0.05) is 26.7 Å². The number of rotatable bonds is 7. The highest BCUT2D eigenvalue weighted by molar-refractivity contribution is 4.56. The van der Waals surface area contributed by atoms with Crippen molar-refractivity contribution in [2.24, 2.45) is 0 Å². The van der Waals surface area contributed by atoms with E-state index in [0.717, 1.165) is 6.54 Å². The van der Waals surface area contributed by atoms with Crippen LogP contribution in [0, 0.1) is 0 Å². The van der Waals surface area contributed by atoms with Crippen LogP contribution in [0.25, 0.3) is 0 Å². The molecule has 1 atom stereocenters. The highest BCUT2D eigenvalue weighted by atomic mass is 15.5. The SMILES string of the molecule is CCCCCNN(C)C(C)CC. The normalized spacial score (nSPS) is 13.8. The van der Waals surface area contributed by atoms with Crippen molar-refractivity contribution in [1.29, 1.82) is 0 Å². The second kappa shape index (κ2) is 7.56. The van der Waals surface area contributed by atoms with E-state index in [-0.39, 0.29) is 0 Å². The van der Waals surface area contributed by atoms with E-state index in [9.17, 15) is 0 Å². The molecular formula is C10H24N2. The van der Waals surface area contributed by atoms with Crippen LogP contribution in [0.2, 0.25) is 0 Å². The molecule has 0 saturated carbocycles. The van der Waals surface area contributed by atoms with Crippen LogP contribution >= 0.6 is 0 Å². The molecule has 0 amide bonds. The summed E-state index contributed by atoms with van der Waals surface area (Å²) in [6.07, 6.45) is 5.13. The summed E-state index contributed by atoms with van der Waals surface area (Å²) in [5.74, 6) is 0. The van der Waals surface area contributed by atoms with E-state index in [1.165, 1.54) is 25.7 Å². The Balaban J connectivity index is 3.24. The molecular weight excluding hydrogens is 148 g/mol. The molecule has 2 heteroatoms. The number of unbranched alkanes of at least 4 members (excludes halogenated alkanes) is 2. The van der Waals surface area contributed by atoms with Crippen LogP contribution in [-0.2, 0) is 0 Å². The predicted octanol–water partition coefficient (Wildman–Crippen LogP) is 2.41. The fourth-order valence-electron chi connectivity index (χ4n) is 1.06. The van der Waals surface area contributed by atoms with Crippen LogP contribution in [0.3, 0.4) is 0 Å². The monoisotopic (exact) mass is 172 g/mol. The molecule has 0 rings (SSSR count). The highest BCUT2D eigenvalue weighted by Crippen LogP contribution is 1.97. The van der Waals surface area contributed by atoms with E-state index >= 15 is 0 Å². The molecule has 0 aromatic rings. The summed E-state index contributed by atoms with van der Waals surface area (Å²) in [6.45, 7) is 7.81. The molecule has 2 nitrogen and oxygen atoms in total. The minimum Gasteiger partial charge on any atom is -0.255 e. The molecule has 0 fully saturated rings. The van der Waals surface area contributed by atoms with E-state index in [1.54, 1.807) is 0 Å². The third-order valence-corrected chi connectivity index (χ3v) is 2.39. The summed E-state index contributed by atoms with van der Waals surface area (Å²) in [5, 5.41) is 2.22. The quantitative estimate of drug-likeness (QED) is 0.468. The van der Waals surface area contributed by atoms with Gasteiger partial charge < -0.3 is 0 Å². The molecule has 0 heterocycles. The van der Waals surface area contributed by atoms with Gasteiger partial charge in [0.05, 0.1) is 0 Å². The van der Waals surface area contributed by atoms with Gasteiger partial charge in [-0.25, -0.2) is 5.01 Å². The molecule has 0 aliphatic carbocycles. The van der Waals surface area contributed by atoms with Crippen molar-refractivity contribution in [3.05, 3.63) is 0 Å². The first kappa shape index (κ1) is 11.9. The fourth-order valence-corrected chi connectivity index (χ4v) is 1.06. The van der Waals surface area contributed by atoms with Crippen molar-refractivity contribution in [2.45, 2.75) is 52.5 Å². The molecule has 0 saturated heterocycles. The first-order chi connectivity index (χ1) is 5.72. The van der Waals surface area contributed by atoms with Gasteiger partial charge in [0, 0.05) is 19.6 Å². The third kappa shape index (κ3) is 5.56. The Kier molecular flexibility index (Phi) is 7.51. The predicted molar refractivity (Wildman–Crippen MR) is 55.0 cm³/mol. The van der Waals surface area contributed by atoms with E-state index in [4.69, 9.17) is 0 Å². The number of hydrogen-bond acceptors (Lipinski definition) is 2. The minimum atomic E-state index is 0.645. The molecule has 12 heavy (non-hydrogen) atoms. The maximum atomic E-state index is 3.40. The Morgan fingerprint density at radius 2 is 1.92 bits per heavy atom. The van der Waals surface area contributed by atoms with Crippen molar-refractivity contribution >= 4 is 0 Å². The first-order valence-electron chi connectivity index (χ1n) is 5.18. The van der Waals surface area contributed by atoms with E-state index in [1.807, 2.05) is 0 Å². The van der Waals surface area contributed by atoms with Crippen molar-refractivity contribution in [3.8, 4) is 0 Å². The Bertz CT molecular complexity index is 93.8. The Hall–Kier alpha value is -0.0800. The maximum Gasteiger partial charge on any atom is 0.0209 e. The summed E-state index contributed by atoms with van der Waals surface area (Å²) >= 11 is 0. The van der Waals surface area contributed by atoms with Gasteiger partial charge >= 0.3 is 0 Å². The Labute approximate surface area is 77.3 Å². The van der Waals surface area contributed by atoms with Gasteiger partial charge in [-0.05, 0) is 19.8 Å². The fraction of sp³-hybridized carbons (Fsp3) is 1.00. The average molecular weight is 172 g/mol. The molecule has 0 aromatic carbocycles. The lowest BCUT2D eigenvalue weighted by atomic mass is 10.2. The zero-order valence-corrected chi connectivity index (χ0v) is 9.06. The van der Waals surface area contributed by atoms with Crippen molar-refractivity contribution in [1.82, 2.24) is 10.4 Å². The van der Waals surface area contributed by atoms with Crippen LogP contribution in [0.15, 0.2) is 0 Å². The van der Waals surface area contributed by atoms with Crippen LogP contribution in [-0.4, -0.2) is 24.6 Å². The van der Waals surface area contributed by atoms with Crippen LogP contribution in [0.1, 0.15) is 46.5 Å². The summed E-state index contributed by atoms with van der Waals surface area (Å²) < 4.78 is 0. The van der Waals surface area contributed by atoms with Gasteiger partial charge in [0.25, 0.3) is 0 Å².